The van der Waals surface area contributed by atoms with Gasteiger partial charge < -0.3 is 0 Å². The van der Waals surface area contributed by atoms with Crippen molar-refractivity contribution in [3.63, 3.8) is 0 Å². The number of Topliss-reactive ketones (excluding diaryl/α,β-unsaturated/α-hetero) is 2. The third-order valence-electron chi connectivity index (χ3n) is 5.75. The lowest BCUT2D eigenvalue weighted by Gasteiger charge is -2.37. The lowest BCUT2D eigenvalue weighted by molar-refractivity contribution is -0.128. The number of carbonyl (C=O) groups excluding carboxylic acids is 2. The van der Waals surface area contributed by atoms with Gasteiger partial charge in [-0.3, -0.25) is 9.59 Å². The minimum absolute atomic E-state index is 0.00318. The van der Waals surface area contributed by atoms with E-state index in [9.17, 15) is 18.0 Å². The zero-order valence-corrected chi connectivity index (χ0v) is 16.3. The summed E-state index contributed by atoms with van der Waals surface area (Å²) < 4.78 is 30.7. The maximum absolute atomic E-state index is 12.6. The number of hydrogen-bond acceptors (Lipinski definition) is 5. The van der Waals surface area contributed by atoms with E-state index in [0.29, 0.717) is 19.3 Å². The van der Waals surface area contributed by atoms with Crippen LogP contribution in [0.15, 0.2) is 0 Å². The summed E-state index contributed by atoms with van der Waals surface area (Å²) in [6.45, 7) is 5.76. The molecule has 0 aromatic heterocycles. The van der Waals surface area contributed by atoms with Crippen LogP contribution in [0.25, 0.3) is 0 Å². The molecule has 2 aliphatic carbocycles. The average Bonchev–Trinajstić information content (AvgIpc) is 2.69. The number of ketones is 2. The number of carbonyl (C=O) groups is 2. The fourth-order valence-corrected chi connectivity index (χ4v) is 9.12. The first-order chi connectivity index (χ1) is 10.4. The Labute approximate surface area is 141 Å². The quantitative estimate of drug-likeness (QED) is 0.694. The average molecular weight is 365 g/mol. The van der Waals surface area contributed by atoms with E-state index >= 15 is 0 Å². The van der Waals surface area contributed by atoms with Gasteiger partial charge in [-0.05, 0) is 36.7 Å². The third kappa shape index (κ3) is 3.37. The SMILES string of the molecule is CCC(=O)CS(C)(C)OS(=O)(=O)CC12CCC(CC1=O)C2(C)C. The normalized spacial score (nSPS) is 30.7. The minimum atomic E-state index is -3.86. The second kappa shape index (κ2) is 5.85. The van der Waals surface area contributed by atoms with Gasteiger partial charge >= 0.3 is 0 Å². The van der Waals surface area contributed by atoms with Gasteiger partial charge in [0.1, 0.15) is 11.6 Å². The van der Waals surface area contributed by atoms with E-state index in [2.05, 4.69) is 0 Å². The van der Waals surface area contributed by atoms with Crippen molar-refractivity contribution < 1.29 is 21.6 Å². The van der Waals surface area contributed by atoms with E-state index in [0.717, 1.165) is 6.42 Å². The Balaban J connectivity index is 2.18. The highest BCUT2D eigenvalue weighted by Gasteiger charge is 2.65. The van der Waals surface area contributed by atoms with Gasteiger partial charge in [-0.25, -0.2) is 3.63 Å². The Bertz CT molecular complexity index is 620. The summed E-state index contributed by atoms with van der Waals surface area (Å²) in [4.78, 5) is 24.1. The lowest BCUT2D eigenvalue weighted by Crippen LogP contribution is -2.42. The first-order valence-corrected chi connectivity index (χ1v) is 12.2. The van der Waals surface area contributed by atoms with Gasteiger partial charge in [0, 0.05) is 12.8 Å². The molecule has 2 aliphatic rings. The maximum atomic E-state index is 12.6. The molecule has 2 unspecified atom stereocenters. The highest BCUT2D eigenvalue weighted by molar-refractivity contribution is 8.32. The molecule has 0 aliphatic heterocycles. The molecule has 2 rings (SSSR count). The van der Waals surface area contributed by atoms with E-state index in [4.69, 9.17) is 3.63 Å². The summed E-state index contributed by atoms with van der Waals surface area (Å²) in [5.74, 6) is 0.210. The smallest absolute Gasteiger partial charge is 0.277 e. The molecule has 0 saturated heterocycles. The maximum Gasteiger partial charge on any atom is 0.277 e. The molecular weight excluding hydrogens is 336 g/mol. The van der Waals surface area contributed by atoms with Crippen molar-refractivity contribution in [2.45, 2.75) is 46.5 Å². The van der Waals surface area contributed by atoms with Crippen LogP contribution >= 0.6 is 10.3 Å². The highest BCUT2D eigenvalue weighted by atomic mass is 32.3. The van der Waals surface area contributed by atoms with Gasteiger partial charge in [-0.2, -0.15) is 8.42 Å². The predicted octanol–water partition coefficient (Wildman–Crippen LogP) is 2.69. The molecule has 2 bridgehead atoms. The van der Waals surface area contributed by atoms with Crippen molar-refractivity contribution in [1.82, 2.24) is 0 Å². The first-order valence-electron chi connectivity index (χ1n) is 8.05. The standard InChI is InChI=1S/C16H28O5S2/c1-6-13(17)10-22(4,5)21-23(19,20)11-16-8-7-12(9-14(16)18)15(16,2)3/h12H,6-11H2,1-5H3. The Morgan fingerprint density at radius 2 is 1.91 bits per heavy atom. The Kier molecular flexibility index (Phi) is 4.81. The summed E-state index contributed by atoms with van der Waals surface area (Å²) in [6, 6.07) is 0. The molecule has 2 atom stereocenters. The molecule has 0 N–H and O–H groups in total. The monoisotopic (exact) mass is 364 g/mol. The van der Waals surface area contributed by atoms with Crippen LogP contribution in [-0.2, 0) is 23.3 Å². The van der Waals surface area contributed by atoms with Crippen LogP contribution in [0.2, 0.25) is 0 Å². The van der Waals surface area contributed by atoms with Crippen molar-refractivity contribution in [1.29, 1.82) is 0 Å². The van der Waals surface area contributed by atoms with Crippen LogP contribution < -0.4 is 0 Å². The van der Waals surface area contributed by atoms with E-state index in [1.54, 1.807) is 19.4 Å². The predicted molar refractivity (Wildman–Crippen MR) is 93.0 cm³/mol. The molecular formula is C16H28O5S2. The van der Waals surface area contributed by atoms with Crippen LogP contribution in [0.1, 0.15) is 46.5 Å². The van der Waals surface area contributed by atoms with Crippen LogP contribution in [0, 0.1) is 16.7 Å². The van der Waals surface area contributed by atoms with Crippen molar-refractivity contribution in [3.8, 4) is 0 Å². The zero-order chi connectivity index (χ0) is 17.7. The minimum Gasteiger partial charge on any atom is -0.299 e. The van der Waals surface area contributed by atoms with Crippen LogP contribution in [0.4, 0.5) is 0 Å². The second-order valence-corrected chi connectivity index (χ2v) is 13.0. The largest absolute Gasteiger partial charge is 0.299 e. The van der Waals surface area contributed by atoms with E-state index in [-0.39, 0.29) is 34.4 Å². The zero-order valence-electron chi connectivity index (χ0n) is 14.7. The number of fused-ring (bicyclic) bond motifs is 2. The van der Waals surface area contributed by atoms with Crippen molar-refractivity contribution in [2.24, 2.45) is 16.7 Å². The fraction of sp³-hybridized carbons (Fsp3) is 0.875. The second-order valence-electron chi connectivity index (χ2n) is 7.91. The van der Waals surface area contributed by atoms with E-state index in [1.807, 2.05) is 13.8 Å². The lowest BCUT2D eigenvalue weighted by atomic mass is 9.70. The Morgan fingerprint density at radius 3 is 2.35 bits per heavy atom. The molecule has 7 heteroatoms. The summed E-state index contributed by atoms with van der Waals surface area (Å²) in [7, 11) is -5.88. The fourth-order valence-electron chi connectivity index (χ4n) is 4.23. The van der Waals surface area contributed by atoms with Gasteiger partial charge in [-0.1, -0.05) is 20.8 Å². The molecule has 0 spiro atoms. The topological polar surface area (TPSA) is 77.5 Å². The third-order valence-corrected chi connectivity index (χ3v) is 9.92. The molecule has 0 heterocycles. The molecule has 0 radical (unpaired) electrons. The molecule has 23 heavy (non-hydrogen) atoms. The van der Waals surface area contributed by atoms with Crippen LogP contribution in [-0.4, -0.2) is 44.0 Å². The van der Waals surface area contributed by atoms with Gasteiger partial charge in [0.25, 0.3) is 10.1 Å². The number of hydrogen-bond donors (Lipinski definition) is 0. The van der Waals surface area contributed by atoms with Crippen LogP contribution in [0.3, 0.4) is 0 Å². The molecule has 0 aromatic rings. The Hall–Kier alpha value is -0.400. The molecule has 0 amide bonds. The van der Waals surface area contributed by atoms with E-state index in [1.165, 1.54) is 0 Å². The molecule has 5 nitrogen and oxygen atoms in total. The summed E-state index contributed by atoms with van der Waals surface area (Å²) in [6.07, 6.45) is 5.75. The molecule has 134 valence electrons. The molecule has 0 aromatic carbocycles. The summed E-state index contributed by atoms with van der Waals surface area (Å²) in [5.41, 5.74) is -1.12. The van der Waals surface area contributed by atoms with Gasteiger partial charge in [0.2, 0.25) is 0 Å². The summed E-state index contributed by atoms with van der Waals surface area (Å²) in [5, 5.41) is 0. The van der Waals surface area contributed by atoms with Gasteiger partial charge in [-0.15, -0.1) is 10.3 Å². The number of rotatable bonds is 7. The van der Waals surface area contributed by atoms with Crippen LogP contribution in [0.5, 0.6) is 0 Å². The van der Waals surface area contributed by atoms with E-state index < -0.39 is 25.8 Å². The van der Waals surface area contributed by atoms with Crippen molar-refractivity contribution in [2.75, 3.05) is 24.0 Å². The van der Waals surface area contributed by atoms with Gasteiger partial charge in [0.05, 0.1) is 16.9 Å². The van der Waals surface area contributed by atoms with Gasteiger partial charge in [0.15, 0.2) is 0 Å². The van der Waals surface area contributed by atoms with Crippen molar-refractivity contribution >= 4 is 32.0 Å². The Morgan fingerprint density at radius 1 is 1.30 bits per heavy atom. The molecule has 2 saturated carbocycles. The first kappa shape index (κ1) is 18.9. The van der Waals surface area contributed by atoms with Crippen molar-refractivity contribution in [3.05, 3.63) is 0 Å². The molecule has 2 fully saturated rings. The highest BCUT2D eigenvalue weighted by Crippen LogP contribution is 2.64. The summed E-state index contributed by atoms with van der Waals surface area (Å²) >= 11 is 0.